The first-order valence-electron chi connectivity index (χ1n) is 9.04. The topological polar surface area (TPSA) is 91.0 Å². The van der Waals surface area contributed by atoms with E-state index in [1.807, 2.05) is 24.3 Å². The van der Waals surface area contributed by atoms with Gasteiger partial charge in [-0.15, -0.1) is 0 Å². The van der Waals surface area contributed by atoms with Crippen LogP contribution >= 0.6 is 0 Å². The molecule has 1 amide bonds. The fourth-order valence-electron chi connectivity index (χ4n) is 3.23. The number of morpholine rings is 1. The van der Waals surface area contributed by atoms with Crippen LogP contribution in [-0.4, -0.2) is 63.6 Å². The summed E-state index contributed by atoms with van der Waals surface area (Å²) in [6, 6.07) is 9.15. The third kappa shape index (κ3) is 3.36. The number of aromatic nitrogens is 4. The number of amides is 1. The number of methoxy groups -OCH3 is 1. The molecule has 146 valence electrons. The highest BCUT2D eigenvalue weighted by atomic mass is 16.5. The monoisotopic (exact) mass is 383 g/mol. The van der Waals surface area contributed by atoms with E-state index in [0.29, 0.717) is 43.3 Å². The van der Waals surface area contributed by atoms with Crippen molar-refractivity contribution in [3.63, 3.8) is 0 Å². The fourth-order valence-corrected chi connectivity index (χ4v) is 3.23. The highest BCUT2D eigenvalue weighted by molar-refractivity contribution is 5.76. The number of hydrogen-bond donors (Lipinski definition) is 0. The Kier molecular flexibility index (Phi) is 4.82. The van der Waals surface area contributed by atoms with Gasteiger partial charge in [0.25, 0.3) is 5.56 Å². The van der Waals surface area contributed by atoms with Crippen LogP contribution in [-0.2, 0) is 16.1 Å². The van der Waals surface area contributed by atoms with Crippen molar-refractivity contribution in [2.75, 3.05) is 33.4 Å². The second-order valence-corrected chi connectivity index (χ2v) is 6.56. The van der Waals surface area contributed by atoms with Crippen molar-refractivity contribution in [3.05, 3.63) is 46.5 Å². The van der Waals surface area contributed by atoms with E-state index in [-0.39, 0.29) is 18.0 Å². The lowest BCUT2D eigenvalue weighted by atomic mass is 10.1. The van der Waals surface area contributed by atoms with Crippen LogP contribution in [0, 0.1) is 6.92 Å². The zero-order valence-electron chi connectivity index (χ0n) is 15.8. The van der Waals surface area contributed by atoms with E-state index in [2.05, 4.69) is 10.2 Å². The summed E-state index contributed by atoms with van der Waals surface area (Å²) in [5.74, 6) is 1.13. The summed E-state index contributed by atoms with van der Waals surface area (Å²) in [7, 11) is 1.61. The first kappa shape index (κ1) is 18.2. The Morgan fingerprint density at radius 2 is 1.89 bits per heavy atom. The maximum Gasteiger partial charge on any atom is 0.293 e. The Hall–Kier alpha value is -3.20. The highest BCUT2D eigenvalue weighted by Crippen LogP contribution is 2.22. The number of rotatable bonds is 4. The van der Waals surface area contributed by atoms with Crippen molar-refractivity contribution in [2.45, 2.75) is 13.5 Å². The van der Waals surface area contributed by atoms with Gasteiger partial charge in [0, 0.05) is 18.7 Å². The standard InChI is InChI=1S/C19H21N5O4/c1-13-20-23(12-18(25)22-7-9-28-10-8-22)19(26)17-11-16(21-24(13)17)14-3-5-15(27-2)6-4-14/h3-6,11H,7-10,12H2,1-2H3. The predicted octanol–water partition coefficient (Wildman–Crippen LogP) is 0.734. The molecule has 0 radical (unpaired) electrons. The van der Waals surface area contributed by atoms with Crippen molar-refractivity contribution in [3.8, 4) is 17.0 Å². The summed E-state index contributed by atoms with van der Waals surface area (Å²) >= 11 is 0. The summed E-state index contributed by atoms with van der Waals surface area (Å²) in [6.07, 6.45) is 0. The van der Waals surface area contributed by atoms with Crippen molar-refractivity contribution in [1.29, 1.82) is 0 Å². The first-order chi connectivity index (χ1) is 13.6. The molecule has 1 fully saturated rings. The second kappa shape index (κ2) is 7.43. The van der Waals surface area contributed by atoms with E-state index in [0.717, 1.165) is 11.3 Å². The van der Waals surface area contributed by atoms with Gasteiger partial charge in [-0.05, 0) is 37.3 Å². The number of hydrogen-bond acceptors (Lipinski definition) is 6. The van der Waals surface area contributed by atoms with Crippen molar-refractivity contribution >= 4 is 11.4 Å². The Bertz CT molecular complexity index is 1060. The molecule has 1 aliphatic rings. The molecular weight excluding hydrogens is 362 g/mol. The number of benzene rings is 1. The lowest BCUT2D eigenvalue weighted by molar-refractivity contribution is -0.136. The molecule has 0 aliphatic carbocycles. The van der Waals surface area contributed by atoms with Gasteiger partial charge in [-0.3, -0.25) is 9.59 Å². The van der Waals surface area contributed by atoms with Gasteiger partial charge in [0.15, 0.2) is 0 Å². The normalized spacial score (nSPS) is 14.4. The maximum absolute atomic E-state index is 12.9. The smallest absolute Gasteiger partial charge is 0.293 e. The number of carbonyl (C=O) groups excluding carboxylic acids is 1. The molecule has 4 rings (SSSR count). The average molecular weight is 383 g/mol. The minimum absolute atomic E-state index is 0.0980. The SMILES string of the molecule is COc1ccc(-c2cc3c(=O)n(CC(=O)N4CCOCC4)nc(C)n3n2)cc1. The molecule has 0 spiro atoms. The molecule has 9 heteroatoms. The predicted molar refractivity (Wildman–Crippen MR) is 101 cm³/mol. The Labute approximate surface area is 161 Å². The minimum Gasteiger partial charge on any atom is -0.497 e. The summed E-state index contributed by atoms with van der Waals surface area (Å²) in [5.41, 5.74) is 1.55. The van der Waals surface area contributed by atoms with Crippen LogP contribution in [0.4, 0.5) is 0 Å². The van der Waals surface area contributed by atoms with Crippen molar-refractivity contribution in [2.24, 2.45) is 0 Å². The highest BCUT2D eigenvalue weighted by Gasteiger charge is 2.20. The van der Waals surface area contributed by atoms with E-state index >= 15 is 0 Å². The van der Waals surface area contributed by atoms with Gasteiger partial charge in [0.1, 0.15) is 23.6 Å². The van der Waals surface area contributed by atoms with Crippen LogP contribution in [0.2, 0.25) is 0 Å². The molecule has 1 saturated heterocycles. The molecule has 1 aliphatic heterocycles. The van der Waals surface area contributed by atoms with Crippen LogP contribution in [0.3, 0.4) is 0 Å². The molecule has 0 bridgehead atoms. The third-order valence-electron chi connectivity index (χ3n) is 4.77. The molecule has 2 aromatic heterocycles. The fraction of sp³-hybridized carbons (Fsp3) is 0.368. The van der Waals surface area contributed by atoms with Gasteiger partial charge in [-0.25, -0.2) is 9.20 Å². The molecular formula is C19H21N5O4. The second-order valence-electron chi connectivity index (χ2n) is 6.56. The van der Waals surface area contributed by atoms with Crippen LogP contribution in [0.15, 0.2) is 35.1 Å². The number of fused-ring (bicyclic) bond motifs is 1. The number of nitrogens with zero attached hydrogens (tertiary/aromatic N) is 5. The van der Waals surface area contributed by atoms with Gasteiger partial charge in [0.05, 0.1) is 26.0 Å². The maximum atomic E-state index is 12.9. The zero-order chi connectivity index (χ0) is 19.7. The van der Waals surface area contributed by atoms with Gasteiger partial charge < -0.3 is 14.4 Å². The Balaban J connectivity index is 1.67. The van der Waals surface area contributed by atoms with Gasteiger partial charge in [0.2, 0.25) is 5.91 Å². The molecule has 0 unspecified atom stereocenters. The zero-order valence-corrected chi connectivity index (χ0v) is 15.8. The summed E-state index contributed by atoms with van der Waals surface area (Å²) in [6.45, 7) is 3.75. The van der Waals surface area contributed by atoms with Crippen LogP contribution < -0.4 is 10.3 Å². The van der Waals surface area contributed by atoms with Crippen LogP contribution in [0.25, 0.3) is 16.8 Å². The average Bonchev–Trinajstić information content (AvgIpc) is 3.19. The lowest BCUT2D eigenvalue weighted by Crippen LogP contribution is -2.44. The number of carbonyl (C=O) groups is 1. The van der Waals surface area contributed by atoms with Crippen LogP contribution in [0.1, 0.15) is 5.82 Å². The number of aryl methyl sites for hydroxylation is 1. The molecule has 0 atom stereocenters. The quantitative estimate of drug-likeness (QED) is 0.660. The summed E-state index contributed by atoms with van der Waals surface area (Å²) < 4.78 is 13.2. The van der Waals surface area contributed by atoms with E-state index in [9.17, 15) is 9.59 Å². The van der Waals surface area contributed by atoms with Crippen molar-refractivity contribution in [1.82, 2.24) is 24.3 Å². The van der Waals surface area contributed by atoms with E-state index in [4.69, 9.17) is 9.47 Å². The van der Waals surface area contributed by atoms with Crippen molar-refractivity contribution < 1.29 is 14.3 Å². The molecule has 9 nitrogen and oxygen atoms in total. The third-order valence-corrected chi connectivity index (χ3v) is 4.77. The summed E-state index contributed by atoms with van der Waals surface area (Å²) in [5, 5.41) is 8.77. The van der Waals surface area contributed by atoms with Crippen LogP contribution in [0.5, 0.6) is 5.75 Å². The molecule has 0 N–H and O–H groups in total. The van der Waals surface area contributed by atoms with E-state index in [1.165, 1.54) is 9.20 Å². The molecule has 1 aromatic carbocycles. The largest absolute Gasteiger partial charge is 0.497 e. The number of ether oxygens (including phenoxy) is 2. The molecule has 0 saturated carbocycles. The molecule has 3 aromatic rings. The summed E-state index contributed by atoms with van der Waals surface area (Å²) in [4.78, 5) is 27.0. The Morgan fingerprint density at radius 1 is 1.18 bits per heavy atom. The molecule has 3 heterocycles. The minimum atomic E-state index is -0.348. The first-order valence-corrected chi connectivity index (χ1v) is 9.04. The van der Waals surface area contributed by atoms with E-state index in [1.54, 1.807) is 25.0 Å². The lowest BCUT2D eigenvalue weighted by Gasteiger charge is -2.26. The van der Waals surface area contributed by atoms with Gasteiger partial charge >= 0.3 is 0 Å². The van der Waals surface area contributed by atoms with Gasteiger partial charge in [-0.2, -0.15) is 10.2 Å². The Morgan fingerprint density at radius 3 is 2.57 bits per heavy atom. The molecule has 28 heavy (non-hydrogen) atoms. The van der Waals surface area contributed by atoms with Gasteiger partial charge in [-0.1, -0.05) is 0 Å². The van der Waals surface area contributed by atoms with E-state index < -0.39 is 0 Å².